The first-order chi connectivity index (χ1) is 16.8. The Labute approximate surface area is 203 Å². The number of nitrogens with one attached hydrogen (secondary N) is 2. The van der Waals surface area contributed by atoms with E-state index in [9.17, 15) is 19.2 Å². The summed E-state index contributed by atoms with van der Waals surface area (Å²) in [6.45, 7) is 2.38. The van der Waals surface area contributed by atoms with Crippen LogP contribution in [-0.2, 0) is 23.9 Å². The molecule has 1 aliphatic carbocycles. The number of carbonyl (C=O) groups excluding carboxylic acids is 3. The van der Waals surface area contributed by atoms with Crippen LogP contribution in [0.2, 0.25) is 0 Å². The number of fused-ring (bicyclic) bond motifs is 3. The Bertz CT molecular complexity index is 1040. The lowest BCUT2D eigenvalue weighted by Gasteiger charge is -2.17. The van der Waals surface area contributed by atoms with Crippen LogP contribution in [0.4, 0.5) is 4.79 Å². The second kappa shape index (κ2) is 12.0. The van der Waals surface area contributed by atoms with Crippen molar-refractivity contribution in [3.63, 3.8) is 0 Å². The average molecular weight is 483 g/mol. The Morgan fingerprint density at radius 3 is 2.17 bits per heavy atom. The molecule has 0 heterocycles. The van der Waals surface area contributed by atoms with Crippen molar-refractivity contribution < 1.29 is 33.8 Å². The van der Waals surface area contributed by atoms with Gasteiger partial charge in [-0.25, -0.2) is 9.59 Å². The molecule has 0 fully saturated rings. The highest BCUT2D eigenvalue weighted by Crippen LogP contribution is 2.44. The van der Waals surface area contributed by atoms with Gasteiger partial charge in [0, 0.05) is 18.9 Å². The minimum absolute atomic E-state index is 0.0264. The van der Waals surface area contributed by atoms with E-state index >= 15 is 0 Å². The second-order valence-corrected chi connectivity index (χ2v) is 8.59. The van der Waals surface area contributed by atoms with E-state index in [4.69, 9.17) is 9.84 Å². The van der Waals surface area contributed by atoms with Crippen molar-refractivity contribution in [3.05, 3.63) is 59.7 Å². The predicted molar refractivity (Wildman–Crippen MR) is 128 cm³/mol. The number of esters is 1. The van der Waals surface area contributed by atoms with Crippen LogP contribution >= 0.6 is 0 Å². The minimum atomic E-state index is -1.34. The second-order valence-electron chi connectivity index (χ2n) is 8.59. The van der Waals surface area contributed by atoms with Crippen molar-refractivity contribution in [2.24, 2.45) is 5.92 Å². The number of hydrogen-bond acceptors (Lipinski definition) is 6. The van der Waals surface area contributed by atoms with Crippen LogP contribution in [0.1, 0.15) is 43.2 Å². The van der Waals surface area contributed by atoms with E-state index < -0.39 is 36.4 Å². The zero-order valence-electron chi connectivity index (χ0n) is 19.8. The fourth-order valence-electron chi connectivity index (χ4n) is 4.10. The number of carbonyl (C=O) groups is 4. The van der Waals surface area contributed by atoms with Gasteiger partial charge in [-0.3, -0.25) is 9.59 Å². The van der Waals surface area contributed by atoms with Crippen molar-refractivity contribution in [1.29, 1.82) is 0 Å². The van der Waals surface area contributed by atoms with Gasteiger partial charge in [0.1, 0.15) is 12.6 Å². The number of carboxylic acid groups (broad SMARTS) is 1. The largest absolute Gasteiger partial charge is 0.480 e. The maximum atomic E-state index is 12.3. The van der Waals surface area contributed by atoms with E-state index in [1.54, 1.807) is 0 Å². The minimum Gasteiger partial charge on any atom is -0.480 e. The number of carboxylic acids is 1. The van der Waals surface area contributed by atoms with Crippen molar-refractivity contribution in [1.82, 2.24) is 10.6 Å². The first-order valence-electron chi connectivity index (χ1n) is 11.5. The molecule has 0 saturated heterocycles. The molecule has 0 saturated carbocycles. The summed E-state index contributed by atoms with van der Waals surface area (Å²) in [4.78, 5) is 46.9. The Morgan fingerprint density at radius 1 is 1.00 bits per heavy atom. The van der Waals surface area contributed by atoms with Crippen LogP contribution in [0.3, 0.4) is 0 Å². The van der Waals surface area contributed by atoms with E-state index in [2.05, 4.69) is 39.6 Å². The molecular weight excluding hydrogens is 452 g/mol. The summed E-state index contributed by atoms with van der Waals surface area (Å²) in [5.41, 5.74) is 4.57. The number of methoxy groups -OCH3 is 1. The molecule has 0 spiro atoms. The maximum Gasteiger partial charge on any atom is 0.407 e. The quantitative estimate of drug-likeness (QED) is 0.420. The molecule has 1 unspecified atom stereocenters. The van der Waals surface area contributed by atoms with E-state index in [1.165, 1.54) is 0 Å². The monoisotopic (exact) mass is 482 g/mol. The van der Waals surface area contributed by atoms with Gasteiger partial charge in [-0.1, -0.05) is 55.5 Å². The summed E-state index contributed by atoms with van der Waals surface area (Å²) < 4.78 is 9.95. The number of ether oxygens (including phenoxy) is 2. The van der Waals surface area contributed by atoms with Crippen LogP contribution in [0.5, 0.6) is 0 Å². The van der Waals surface area contributed by atoms with Gasteiger partial charge in [0.25, 0.3) is 0 Å². The summed E-state index contributed by atoms with van der Waals surface area (Å²) in [5, 5.41) is 14.2. The fraction of sp³-hybridized carbons (Fsp3) is 0.385. The van der Waals surface area contributed by atoms with Crippen LogP contribution in [0.25, 0.3) is 11.1 Å². The molecule has 2 amide bonds. The van der Waals surface area contributed by atoms with E-state index in [0.29, 0.717) is 13.0 Å². The summed E-state index contributed by atoms with van der Waals surface area (Å²) >= 11 is 0. The number of rotatable bonds is 11. The highest BCUT2D eigenvalue weighted by Gasteiger charge is 2.29. The Kier molecular flexibility index (Phi) is 8.83. The topological polar surface area (TPSA) is 131 Å². The molecule has 3 N–H and O–H groups in total. The third-order valence-corrected chi connectivity index (χ3v) is 6.03. The molecule has 0 radical (unpaired) electrons. The molecule has 9 heteroatoms. The van der Waals surface area contributed by atoms with Crippen LogP contribution < -0.4 is 10.6 Å². The molecule has 2 atom stereocenters. The normalized spacial score (nSPS) is 13.7. The zero-order valence-corrected chi connectivity index (χ0v) is 19.8. The lowest BCUT2D eigenvalue weighted by Crippen LogP contribution is -2.42. The first-order valence-corrected chi connectivity index (χ1v) is 11.5. The van der Waals surface area contributed by atoms with Gasteiger partial charge in [-0.15, -0.1) is 0 Å². The van der Waals surface area contributed by atoms with Gasteiger partial charge in [-0.05, 0) is 34.6 Å². The molecule has 0 aromatic heterocycles. The smallest absolute Gasteiger partial charge is 0.407 e. The molecule has 35 heavy (non-hydrogen) atoms. The van der Waals surface area contributed by atoms with Gasteiger partial charge in [-0.2, -0.15) is 0 Å². The predicted octanol–water partition coefficient (Wildman–Crippen LogP) is 3.07. The highest BCUT2D eigenvalue weighted by molar-refractivity contribution is 5.87. The summed E-state index contributed by atoms with van der Waals surface area (Å²) in [5.74, 6) is -2.60. The van der Waals surface area contributed by atoms with E-state index in [0.717, 1.165) is 29.4 Å². The third-order valence-electron chi connectivity index (χ3n) is 6.03. The number of amides is 2. The average Bonchev–Trinajstić information content (AvgIpc) is 3.18. The van der Waals surface area contributed by atoms with Gasteiger partial charge < -0.3 is 25.2 Å². The summed E-state index contributed by atoms with van der Waals surface area (Å²) in [6, 6.07) is 14.8. The van der Waals surface area contributed by atoms with Crippen molar-refractivity contribution in [2.45, 2.75) is 38.1 Å². The third kappa shape index (κ3) is 6.81. The number of hydrogen-bond donors (Lipinski definition) is 3. The summed E-state index contributed by atoms with van der Waals surface area (Å²) in [6.07, 6.45) is -0.512. The fourth-order valence-corrected chi connectivity index (χ4v) is 4.10. The van der Waals surface area contributed by atoms with Crippen LogP contribution in [0.15, 0.2) is 48.5 Å². The molecule has 1 aliphatic rings. The zero-order chi connectivity index (χ0) is 25.4. The van der Waals surface area contributed by atoms with Gasteiger partial charge >= 0.3 is 18.0 Å². The van der Waals surface area contributed by atoms with Crippen LogP contribution in [0, 0.1) is 5.92 Å². The van der Waals surface area contributed by atoms with E-state index in [1.807, 2.05) is 31.2 Å². The Balaban J connectivity index is 1.41. The molecule has 186 valence electrons. The van der Waals surface area contributed by atoms with E-state index in [-0.39, 0.29) is 24.9 Å². The first kappa shape index (κ1) is 25.7. The number of alkyl carbamates (subject to hydrolysis) is 1. The SMILES string of the molecule is COC(=O)C[C@@H](NC(=O)CCC(C)CNC(=O)OCC1c2ccccc2-c2ccccc21)C(=O)O. The standard InChI is InChI=1S/C26H30N2O7/c1-16(11-12-23(29)28-22(25(31)32)13-24(30)34-2)14-27-26(33)35-15-21-19-9-5-3-7-17(19)18-8-4-6-10-20(18)21/h3-10,16,21-22H,11-15H2,1-2H3,(H,27,33)(H,28,29)(H,31,32)/t16?,22-/m1/s1. The molecule has 2 aromatic carbocycles. The lowest BCUT2D eigenvalue weighted by atomic mass is 9.98. The molecule has 0 bridgehead atoms. The maximum absolute atomic E-state index is 12.3. The highest BCUT2D eigenvalue weighted by atomic mass is 16.5. The molecule has 9 nitrogen and oxygen atoms in total. The van der Waals surface area contributed by atoms with Gasteiger partial charge in [0.2, 0.25) is 5.91 Å². The van der Waals surface area contributed by atoms with Crippen molar-refractivity contribution in [2.75, 3.05) is 20.3 Å². The summed E-state index contributed by atoms with van der Waals surface area (Å²) in [7, 11) is 1.15. The molecule has 2 aromatic rings. The van der Waals surface area contributed by atoms with Crippen molar-refractivity contribution >= 4 is 23.9 Å². The van der Waals surface area contributed by atoms with Crippen LogP contribution in [-0.4, -0.2) is 55.3 Å². The Hall–Kier alpha value is -3.88. The molecular formula is C26H30N2O7. The Morgan fingerprint density at radius 2 is 1.60 bits per heavy atom. The van der Waals surface area contributed by atoms with Gasteiger partial charge in [0.15, 0.2) is 0 Å². The lowest BCUT2D eigenvalue weighted by molar-refractivity contribution is -0.148. The molecule has 3 rings (SSSR count). The van der Waals surface area contributed by atoms with Crippen molar-refractivity contribution in [3.8, 4) is 11.1 Å². The number of benzene rings is 2. The number of aliphatic carboxylic acids is 1. The van der Waals surface area contributed by atoms with Gasteiger partial charge in [0.05, 0.1) is 13.5 Å². The molecule has 0 aliphatic heterocycles.